The number of halogens is 1. The first-order valence-corrected chi connectivity index (χ1v) is 7.04. The molecule has 2 rings (SSSR count). The smallest absolute Gasteiger partial charge is 0.161 e. The van der Waals surface area contributed by atoms with Gasteiger partial charge in [-0.25, -0.2) is 0 Å². The monoisotopic (exact) mass is 300 g/mol. The van der Waals surface area contributed by atoms with E-state index in [0.717, 1.165) is 41.8 Å². The van der Waals surface area contributed by atoms with Crippen LogP contribution in [0.3, 0.4) is 0 Å². The highest BCUT2D eigenvalue weighted by Crippen LogP contribution is 2.30. The van der Waals surface area contributed by atoms with Crippen molar-refractivity contribution in [2.75, 3.05) is 25.2 Å². The molecule has 0 saturated heterocycles. The highest BCUT2D eigenvalue weighted by Gasteiger charge is 2.11. The van der Waals surface area contributed by atoms with Crippen molar-refractivity contribution in [3.8, 4) is 11.5 Å². The van der Waals surface area contributed by atoms with Gasteiger partial charge >= 0.3 is 0 Å². The van der Waals surface area contributed by atoms with Gasteiger partial charge in [0, 0.05) is 11.9 Å². The standard InChI is InChI=1S/C13H17BrO3/c14-5-1-2-6-15-10-11-3-4-12-13(9-11)17-8-7-16-12/h3-4,9H,1-2,5-8,10H2. The summed E-state index contributed by atoms with van der Waals surface area (Å²) >= 11 is 3.40. The summed E-state index contributed by atoms with van der Waals surface area (Å²) in [5.74, 6) is 1.66. The van der Waals surface area contributed by atoms with Gasteiger partial charge in [0.25, 0.3) is 0 Å². The van der Waals surface area contributed by atoms with Crippen molar-refractivity contribution in [1.82, 2.24) is 0 Å². The molecule has 0 amide bonds. The lowest BCUT2D eigenvalue weighted by atomic mass is 10.2. The summed E-state index contributed by atoms with van der Waals surface area (Å²) in [6, 6.07) is 5.97. The van der Waals surface area contributed by atoms with Crippen molar-refractivity contribution >= 4 is 15.9 Å². The van der Waals surface area contributed by atoms with E-state index in [0.29, 0.717) is 19.8 Å². The van der Waals surface area contributed by atoms with Gasteiger partial charge in [0.15, 0.2) is 11.5 Å². The van der Waals surface area contributed by atoms with Gasteiger partial charge in [-0.1, -0.05) is 22.0 Å². The van der Waals surface area contributed by atoms with Crippen LogP contribution < -0.4 is 9.47 Å². The van der Waals surface area contributed by atoms with Gasteiger partial charge in [-0.2, -0.15) is 0 Å². The molecule has 0 N–H and O–H groups in total. The average molecular weight is 301 g/mol. The molecule has 1 heterocycles. The predicted molar refractivity (Wildman–Crippen MR) is 70.1 cm³/mol. The molecule has 4 heteroatoms. The zero-order valence-corrected chi connectivity index (χ0v) is 11.4. The van der Waals surface area contributed by atoms with Crippen molar-refractivity contribution < 1.29 is 14.2 Å². The van der Waals surface area contributed by atoms with E-state index in [2.05, 4.69) is 15.9 Å². The van der Waals surface area contributed by atoms with Crippen LogP contribution in [0.4, 0.5) is 0 Å². The fourth-order valence-electron chi connectivity index (χ4n) is 1.67. The molecule has 1 aromatic carbocycles. The second-order valence-electron chi connectivity index (χ2n) is 3.93. The van der Waals surface area contributed by atoms with Gasteiger partial charge in [0.05, 0.1) is 6.61 Å². The average Bonchev–Trinajstić information content (AvgIpc) is 2.38. The first-order chi connectivity index (χ1) is 8.40. The first-order valence-electron chi connectivity index (χ1n) is 5.92. The maximum atomic E-state index is 5.60. The summed E-state index contributed by atoms with van der Waals surface area (Å²) in [5, 5.41) is 1.04. The summed E-state index contributed by atoms with van der Waals surface area (Å²) in [4.78, 5) is 0. The molecule has 94 valence electrons. The number of unbranched alkanes of at least 4 members (excludes halogenated alkanes) is 1. The van der Waals surface area contributed by atoms with E-state index in [1.54, 1.807) is 0 Å². The van der Waals surface area contributed by atoms with Gasteiger partial charge < -0.3 is 14.2 Å². The van der Waals surface area contributed by atoms with Gasteiger partial charge in [0.1, 0.15) is 13.2 Å². The highest BCUT2D eigenvalue weighted by molar-refractivity contribution is 9.09. The quantitative estimate of drug-likeness (QED) is 0.597. The molecule has 0 atom stereocenters. The maximum absolute atomic E-state index is 5.60. The largest absolute Gasteiger partial charge is 0.486 e. The molecule has 0 aliphatic carbocycles. The van der Waals surface area contributed by atoms with Gasteiger partial charge in [-0.15, -0.1) is 0 Å². The Morgan fingerprint density at radius 3 is 2.76 bits per heavy atom. The van der Waals surface area contributed by atoms with Crippen LogP contribution in [0.1, 0.15) is 18.4 Å². The fraction of sp³-hybridized carbons (Fsp3) is 0.538. The topological polar surface area (TPSA) is 27.7 Å². The number of fused-ring (bicyclic) bond motifs is 1. The van der Waals surface area contributed by atoms with E-state index in [1.165, 1.54) is 0 Å². The number of hydrogen-bond donors (Lipinski definition) is 0. The molecule has 0 radical (unpaired) electrons. The Kier molecular flexibility index (Phi) is 5.13. The molecule has 0 spiro atoms. The second kappa shape index (κ2) is 6.87. The number of rotatable bonds is 6. The summed E-state index contributed by atoms with van der Waals surface area (Å²) in [6.45, 7) is 2.71. The normalized spacial score (nSPS) is 13.7. The molecule has 0 unspecified atom stereocenters. The third kappa shape index (κ3) is 3.89. The van der Waals surface area contributed by atoms with Crippen LogP contribution in [-0.4, -0.2) is 25.2 Å². The van der Waals surface area contributed by atoms with E-state index in [-0.39, 0.29) is 0 Å². The Morgan fingerprint density at radius 2 is 1.94 bits per heavy atom. The van der Waals surface area contributed by atoms with Crippen molar-refractivity contribution in [1.29, 1.82) is 0 Å². The lowest BCUT2D eigenvalue weighted by Gasteiger charge is -2.18. The Labute approximate surface area is 110 Å². The Hall–Kier alpha value is -0.740. The van der Waals surface area contributed by atoms with Crippen molar-refractivity contribution in [2.45, 2.75) is 19.4 Å². The first kappa shape index (κ1) is 12.7. The second-order valence-corrected chi connectivity index (χ2v) is 4.72. The van der Waals surface area contributed by atoms with Crippen LogP contribution in [0.5, 0.6) is 11.5 Å². The third-order valence-electron chi connectivity index (χ3n) is 2.55. The molecule has 3 nitrogen and oxygen atoms in total. The van der Waals surface area contributed by atoms with Crippen LogP contribution in [0.15, 0.2) is 18.2 Å². The number of alkyl halides is 1. The highest BCUT2D eigenvalue weighted by atomic mass is 79.9. The minimum atomic E-state index is 0.628. The molecule has 1 aromatic rings. The van der Waals surface area contributed by atoms with Crippen molar-refractivity contribution in [2.24, 2.45) is 0 Å². The number of benzene rings is 1. The van der Waals surface area contributed by atoms with E-state index in [4.69, 9.17) is 14.2 Å². The van der Waals surface area contributed by atoms with Crippen LogP contribution in [0, 0.1) is 0 Å². The SMILES string of the molecule is BrCCCCOCc1ccc2c(c1)OCCO2. The predicted octanol–water partition coefficient (Wildman–Crippen LogP) is 3.15. The zero-order chi connectivity index (χ0) is 11.9. The van der Waals surface area contributed by atoms with Crippen molar-refractivity contribution in [3.63, 3.8) is 0 Å². The molecule has 0 saturated carbocycles. The Balaban J connectivity index is 1.81. The van der Waals surface area contributed by atoms with E-state index < -0.39 is 0 Å². The van der Waals surface area contributed by atoms with Crippen LogP contribution in [0.2, 0.25) is 0 Å². The molecule has 0 bridgehead atoms. The number of ether oxygens (including phenoxy) is 3. The summed E-state index contributed by atoms with van der Waals surface area (Å²) in [7, 11) is 0. The zero-order valence-electron chi connectivity index (χ0n) is 9.78. The van der Waals surface area contributed by atoms with E-state index >= 15 is 0 Å². The minimum Gasteiger partial charge on any atom is -0.486 e. The van der Waals surface area contributed by atoms with Crippen LogP contribution in [0.25, 0.3) is 0 Å². The van der Waals surface area contributed by atoms with Crippen LogP contribution >= 0.6 is 15.9 Å². The summed E-state index contributed by atoms with van der Waals surface area (Å²) in [6.07, 6.45) is 2.25. The van der Waals surface area contributed by atoms with E-state index in [9.17, 15) is 0 Å². The lowest BCUT2D eigenvalue weighted by Crippen LogP contribution is -2.15. The number of hydrogen-bond acceptors (Lipinski definition) is 3. The van der Waals surface area contributed by atoms with Gasteiger partial charge in [-0.3, -0.25) is 0 Å². The summed E-state index contributed by atoms with van der Waals surface area (Å²) in [5.41, 5.74) is 1.13. The third-order valence-corrected chi connectivity index (χ3v) is 3.11. The maximum Gasteiger partial charge on any atom is 0.161 e. The fourth-order valence-corrected chi connectivity index (χ4v) is 2.06. The molecule has 17 heavy (non-hydrogen) atoms. The Morgan fingerprint density at radius 1 is 1.12 bits per heavy atom. The minimum absolute atomic E-state index is 0.628. The molecule has 1 aliphatic heterocycles. The Bertz CT molecular complexity index is 355. The molecule has 0 aromatic heterocycles. The molecular formula is C13H17BrO3. The summed E-state index contributed by atoms with van der Waals surface area (Å²) < 4.78 is 16.6. The van der Waals surface area contributed by atoms with Gasteiger partial charge in [-0.05, 0) is 30.5 Å². The molecule has 0 fully saturated rings. The van der Waals surface area contributed by atoms with Crippen molar-refractivity contribution in [3.05, 3.63) is 23.8 Å². The molecular weight excluding hydrogens is 284 g/mol. The molecule has 1 aliphatic rings. The van der Waals surface area contributed by atoms with Crippen LogP contribution in [-0.2, 0) is 11.3 Å². The van der Waals surface area contributed by atoms with Gasteiger partial charge in [0.2, 0.25) is 0 Å². The van der Waals surface area contributed by atoms with E-state index in [1.807, 2.05) is 18.2 Å². The lowest BCUT2D eigenvalue weighted by molar-refractivity contribution is 0.117.